The van der Waals surface area contributed by atoms with Crippen LogP contribution in [0.25, 0.3) is 0 Å². The van der Waals surface area contributed by atoms with Gasteiger partial charge in [-0.05, 0) is 45.2 Å². The molecule has 2 N–H and O–H groups in total. The van der Waals surface area contributed by atoms with E-state index in [1.54, 1.807) is 0 Å². The van der Waals surface area contributed by atoms with Gasteiger partial charge in [0.2, 0.25) is 0 Å². The monoisotopic (exact) mass is 200 g/mol. The standard InChI is InChI=1S/C10H20N2S/c1-2-9-5-3-7-12(9)8-4-6-10(11)13/h9H,2-8H2,1H3,(H2,11,13). The Balaban J connectivity index is 2.16. The van der Waals surface area contributed by atoms with Crippen molar-refractivity contribution in [1.29, 1.82) is 0 Å². The summed E-state index contributed by atoms with van der Waals surface area (Å²) in [6, 6.07) is 0.825. The highest BCUT2D eigenvalue weighted by molar-refractivity contribution is 7.80. The largest absolute Gasteiger partial charge is 0.393 e. The summed E-state index contributed by atoms with van der Waals surface area (Å²) >= 11 is 4.85. The number of rotatable bonds is 5. The highest BCUT2D eigenvalue weighted by atomic mass is 32.1. The second-order valence-electron chi connectivity index (χ2n) is 3.81. The van der Waals surface area contributed by atoms with Crippen LogP contribution in [0.1, 0.15) is 39.0 Å². The normalized spacial score (nSPS) is 23.6. The third-order valence-electron chi connectivity index (χ3n) is 2.84. The molecule has 2 nitrogen and oxygen atoms in total. The molecule has 0 aromatic rings. The molecule has 0 spiro atoms. The summed E-state index contributed by atoms with van der Waals surface area (Å²) in [5.74, 6) is 0. The second kappa shape index (κ2) is 5.55. The Morgan fingerprint density at radius 1 is 1.62 bits per heavy atom. The second-order valence-corrected chi connectivity index (χ2v) is 4.33. The van der Waals surface area contributed by atoms with Gasteiger partial charge in [-0.2, -0.15) is 0 Å². The molecule has 0 aromatic carbocycles. The van der Waals surface area contributed by atoms with Gasteiger partial charge in [-0.3, -0.25) is 0 Å². The van der Waals surface area contributed by atoms with E-state index in [-0.39, 0.29) is 0 Å². The summed E-state index contributed by atoms with van der Waals surface area (Å²) in [6.07, 6.45) is 6.07. The molecular weight excluding hydrogens is 180 g/mol. The average molecular weight is 200 g/mol. The molecule has 0 bridgehead atoms. The van der Waals surface area contributed by atoms with Crippen LogP contribution in [0.2, 0.25) is 0 Å². The zero-order chi connectivity index (χ0) is 9.68. The van der Waals surface area contributed by atoms with Crippen molar-refractivity contribution < 1.29 is 0 Å². The van der Waals surface area contributed by atoms with E-state index in [2.05, 4.69) is 11.8 Å². The molecule has 0 saturated carbocycles. The Hall–Kier alpha value is -0.150. The van der Waals surface area contributed by atoms with Crippen LogP contribution >= 0.6 is 12.2 Å². The van der Waals surface area contributed by atoms with Gasteiger partial charge in [-0.25, -0.2) is 0 Å². The molecular formula is C10H20N2S. The van der Waals surface area contributed by atoms with Crippen molar-refractivity contribution in [2.24, 2.45) is 5.73 Å². The molecule has 1 fully saturated rings. The molecule has 76 valence electrons. The van der Waals surface area contributed by atoms with Crippen LogP contribution in [0.15, 0.2) is 0 Å². The van der Waals surface area contributed by atoms with Crippen molar-refractivity contribution in [3.8, 4) is 0 Å². The van der Waals surface area contributed by atoms with E-state index in [4.69, 9.17) is 18.0 Å². The maximum atomic E-state index is 5.46. The molecule has 0 radical (unpaired) electrons. The molecule has 0 aromatic heterocycles. The van der Waals surface area contributed by atoms with Crippen LogP contribution in [0.5, 0.6) is 0 Å². The van der Waals surface area contributed by atoms with E-state index in [1.807, 2.05) is 0 Å². The van der Waals surface area contributed by atoms with Crippen molar-refractivity contribution in [3.05, 3.63) is 0 Å². The van der Waals surface area contributed by atoms with Gasteiger partial charge in [0.05, 0.1) is 4.99 Å². The summed E-state index contributed by atoms with van der Waals surface area (Å²) < 4.78 is 0. The zero-order valence-corrected chi connectivity index (χ0v) is 9.28. The van der Waals surface area contributed by atoms with Crippen LogP contribution in [-0.4, -0.2) is 29.0 Å². The number of hydrogen-bond acceptors (Lipinski definition) is 2. The van der Waals surface area contributed by atoms with Gasteiger partial charge in [0.15, 0.2) is 0 Å². The lowest BCUT2D eigenvalue weighted by Crippen LogP contribution is -2.30. The third-order valence-corrected chi connectivity index (χ3v) is 3.04. The van der Waals surface area contributed by atoms with Gasteiger partial charge >= 0.3 is 0 Å². The Morgan fingerprint density at radius 3 is 3.00 bits per heavy atom. The van der Waals surface area contributed by atoms with E-state index in [1.165, 1.54) is 32.4 Å². The van der Waals surface area contributed by atoms with E-state index in [0.29, 0.717) is 4.99 Å². The lowest BCUT2D eigenvalue weighted by atomic mass is 10.1. The fraction of sp³-hybridized carbons (Fsp3) is 0.900. The van der Waals surface area contributed by atoms with Crippen LogP contribution in [0.3, 0.4) is 0 Å². The van der Waals surface area contributed by atoms with E-state index in [0.717, 1.165) is 18.9 Å². The van der Waals surface area contributed by atoms with Crippen LogP contribution in [-0.2, 0) is 0 Å². The van der Waals surface area contributed by atoms with Gasteiger partial charge in [-0.15, -0.1) is 0 Å². The summed E-state index contributed by atoms with van der Waals surface area (Å²) in [4.78, 5) is 3.24. The topological polar surface area (TPSA) is 29.3 Å². The van der Waals surface area contributed by atoms with Crippen LogP contribution < -0.4 is 5.73 Å². The van der Waals surface area contributed by atoms with Gasteiger partial charge in [0.25, 0.3) is 0 Å². The summed E-state index contributed by atoms with van der Waals surface area (Å²) in [5, 5.41) is 0. The molecule has 1 heterocycles. The van der Waals surface area contributed by atoms with Gasteiger partial charge < -0.3 is 10.6 Å². The fourth-order valence-corrected chi connectivity index (χ4v) is 2.25. The van der Waals surface area contributed by atoms with E-state index in [9.17, 15) is 0 Å². The highest BCUT2D eigenvalue weighted by Gasteiger charge is 2.21. The molecule has 1 aliphatic heterocycles. The molecule has 0 amide bonds. The van der Waals surface area contributed by atoms with Crippen molar-refractivity contribution in [2.45, 2.75) is 45.1 Å². The van der Waals surface area contributed by atoms with Crippen molar-refractivity contribution >= 4 is 17.2 Å². The maximum absolute atomic E-state index is 5.46. The SMILES string of the molecule is CCC1CCCN1CCCC(N)=S. The first-order valence-electron chi connectivity index (χ1n) is 5.26. The quantitative estimate of drug-likeness (QED) is 0.688. The Kier molecular flexibility index (Phi) is 4.67. The first kappa shape index (κ1) is 10.9. The molecule has 1 rings (SSSR count). The molecule has 0 aliphatic carbocycles. The van der Waals surface area contributed by atoms with Crippen molar-refractivity contribution in [3.63, 3.8) is 0 Å². The molecule has 1 unspecified atom stereocenters. The number of likely N-dealkylation sites (tertiary alicyclic amines) is 1. The van der Waals surface area contributed by atoms with Crippen LogP contribution in [0.4, 0.5) is 0 Å². The summed E-state index contributed by atoms with van der Waals surface area (Å²) in [6.45, 7) is 4.72. The van der Waals surface area contributed by atoms with Gasteiger partial charge in [0, 0.05) is 6.04 Å². The number of nitrogens with zero attached hydrogens (tertiary/aromatic N) is 1. The number of nitrogens with two attached hydrogens (primary N) is 1. The van der Waals surface area contributed by atoms with Gasteiger partial charge in [-0.1, -0.05) is 19.1 Å². The minimum atomic E-state index is 0.659. The van der Waals surface area contributed by atoms with Crippen LogP contribution in [0, 0.1) is 0 Å². The lowest BCUT2D eigenvalue weighted by Gasteiger charge is -2.22. The maximum Gasteiger partial charge on any atom is 0.0727 e. The lowest BCUT2D eigenvalue weighted by molar-refractivity contribution is 0.247. The fourth-order valence-electron chi connectivity index (χ4n) is 2.11. The van der Waals surface area contributed by atoms with E-state index < -0.39 is 0 Å². The number of hydrogen-bond donors (Lipinski definition) is 1. The smallest absolute Gasteiger partial charge is 0.0727 e. The summed E-state index contributed by atoms with van der Waals surface area (Å²) in [5.41, 5.74) is 5.46. The highest BCUT2D eigenvalue weighted by Crippen LogP contribution is 2.19. The predicted octanol–water partition coefficient (Wildman–Crippen LogP) is 1.93. The average Bonchev–Trinajstić information content (AvgIpc) is 2.51. The van der Waals surface area contributed by atoms with Gasteiger partial charge in [0.1, 0.15) is 0 Å². The first-order chi connectivity index (χ1) is 6.24. The molecule has 1 saturated heterocycles. The zero-order valence-electron chi connectivity index (χ0n) is 8.46. The molecule has 1 aliphatic rings. The van der Waals surface area contributed by atoms with Crippen molar-refractivity contribution in [1.82, 2.24) is 4.90 Å². The van der Waals surface area contributed by atoms with E-state index >= 15 is 0 Å². The minimum Gasteiger partial charge on any atom is -0.393 e. The predicted molar refractivity (Wildman–Crippen MR) is 60.9 cm³/mol. The molecule has 13 heavy (non-hydrogen) atoms. The Labute approximate surface area is 86.5 Å². The Morgan fingerprint density at radius 2 is 2.38 bits per heavy atom. The number of thiocarbonyl (C=S) groups is 1. The molecule has 1 atom stereocenters. The third kappa shape index (κ3) is 3.61. The van der Waals surface area contributed by atoms with Crippen molar-refractivity contribution in [2.75, 3.05) is 13.1 Å². The molecule has 3 heteroatoms. The first-order valence-corrected chi connectivity index (χ1v) is 5.67. The minimum absolute atomic E-state index is 0.659. The Bertz CT molecular complexity index is 170. The summed E-state index contributed by atoms with van der Waals surface area (Å²) in [7, 11) is 0.